The number of aryl methyl sites for hydroxylation is 2. The average molecular weight is 1230 g/mol. The SMILES string of the molecule is COc1ccc(C(OC[C@H]2O[C@@H](n3cc(C)c(=O)[nH]c3=O)C[C@@H]2O[P@@](=S)(OC[C@H]2O[C@@H](n3cc(C)c(=O)[nH]c3=O)C[C@@H]2OC(c2ccccc2)(c2ccc(OC)cc2)c2ccc(OC)cc2)c2ccncc2)(c2ccccc2)c2ccc(OC)cc2)cc1. The van der Waals surface area contributed by atoms with Crippen LogP contribution in [0, 0.1) is 13.8 Å². The van der Waals surface area contributed by atoms with Gasteiger partial charge in [-0.3, -0.25) is 33.7 Å². The quantitative estimate of drug-likeness (QED) is 0.0451. The maximum absolute atomic E-state index is 13.8. The molecule has 88 heavy (non-hydrogen) atoms. The fraction of sp³-hybridized carbons (Fsp3) is 0.269. The van der Waals surface area contributed by atoms with Gasteiger partial charge in [0.05, 0.1) is 53.9 Å². The topological polar surface area (TPSA) is 215 Å². The Bertz CT molecular complexity index is 4040. The molecule has 0 unspecified atom stereocenters. The molecule has 0 aliphatic carbocycles. The van der Waals surface area contributed by atoms with Gasteiger partial charge in [0.15, 0.2) is 0 Å². The Morgan fingerprint density at radius 3 is 1.31 bits per heavy atom. The molecule has 7 atom stereocenters. The third-order valence-corrected chi connectivity index (χ3v) is 19.2. The summed E-state index contributed by atoms with van der Waals surface area (Å²) in [5.41, 5.74) is 0.0505. The van der Waals surface area contributed by atoms with Crippen molar-refractivity contribution in [3.05, 3.63) is 281 Å². The lowest BCUT2D eigenvalue weighted by Crippen LogP contribution is -2.41. The summed E-state index contributed by atoms with van der Waals surface area (Å²) in [5.74, 6) is 2.54. The highest BCUT2D eigenvalue weighted by Gasteiger charge is 2.49. The standard InChI is InChI=1S/C67H66N5O14PS/c1-43-39-71(64(75)69-62(43)73)60-37-56(85-67(46-15-11-8-12-16-46,49-21-29-53(79-5)30-22-49)50-23-31-54(80-6)32-24-50)59(84-60)42-82-87(88,55-33-35-68-36-34-55)86-57-38-61(72-40-44(2)63(74)70-65(72)76)83-58(57)41-81-66(45-13-9-7-10-14-45,47-17-25-51(77-3)26-18-47)48-19-27-52(78-4)28-20-48/h7-36,39-40,56-61H,37-38,41-42H2,1-6H3,(H,69,73,75)(H,70,74,76)/t56-,57-,58+,59+,60+,61+,87-/m0/s1. The van der Waals surface area contributed by atoms with E-state index in [4.69, 9.17) is 58.7 Å². The molecule has 454 valence electrons. The second-order valence-electron chi connectivity index (χ2n) is 21.3. The first-order chi connectivity index (χ1) is 42.7. The number of benzene rings is 6. The minimum atomic E-state index is -3.80. The van der Waals surface area contributed by atoms with Crippen LogP contribution in [0.15, 0.2) is 214 Å². The summed E-state index contributed by atoms with van der Waals surface area (Å²) in [6.07, 6.45) is 0.501. The van der Waals surface area contributed by atoms with Crippen LogP contribution in [0.25, 0.3) is 0 Å². The molecule has 11 rings (SSSR count). The molecule has 0 radical (unpaired) electrons. The van der Waals surface area contributed by atoms with Gasteiger partial charge in [0.25, 0.3) is 11.1 Å². The molecule has 9 aromatic rings. The first-order valence-electron chi connectivity index (χ1n) is 28.5. The van der Waals surface area contributed by atoms with Crippen LogP contribution < -0.4 is 46.8 Å². The number of ether oxygens (including phenoxy) is 8. The molecular weight excluding hydrogens is 1160 g/mol. The molecule has 19 nitrogen and oxygen atoms in total. The first-order valence-corrected chi connectivity index (χ1v) is 31.1. The van der Waals surface area contributed by atoms with E-state index >= 15 is 0 Å². The number of hydrogen-bond donors (Lipinski definition) is 2. The van der Waals surface area contributed by atoms with Gasteiger partial charge in [-0.2, -0.15) is 0 Å². The van der Waals surface area contributed by atoms with Crippen molar-refractivity contribution in [3.8, 4) is 23.0 Å². The van der Waals surface area contributed by atoms with Gasteiger partial charge in [-0.15, -0.1) is 0 Å². The van der Waals surface area contributed by atoms with Crippen LogP contribution in [0.1, 0.15) is 69.8 Å². The molecule has 0 saturated carbocycles. The third-order valence-electron chi connectivity index (χ3n) is 16.1. The van der Waals surface area contributed by atoms with Crippen molar-refractivity contribution in [3.63, 3.8) is 0 Å². The van der Waals surface area contributed by atoms with E-state index in [9.17, 15) is 19.2 Å². The van der Waals surface area contributed by atoms with Crippen molar-refractivity contribution in [2.45, 2.75) is 74.8 Å². The molecule has 2 aliphatic heterocycles. The molecule has 21 heteroatoms. The second kappa shape index (κ2) is 26.4. The van der Waals surface area contributed by atoms with E-state index in [1.807, 2.05) is 158 Å². The van der Waals surface area contributed by atoms with Crippen molar-refractivity contribution in [2.75, 3.05) is 41.7 Å². The average Bonchev–Trinajstić information content (AvgIpc) is 1.40. The van der Waals surface area contributed by atoms with Crippen molar-refractivity contribution in [2.24, 2.45) is 0 Å². The zero-order valence-electron chi connectivity index (χ0n) is 49.2. The normalized spacial score (nSPS) is 19.2. The number of hydrogen-bond acceptors (Lipinski definition) is 16. The number of H-pyrrole nitrogens is 2. The Morgan fingerprint density at radius 2 is 0.886 bits per heavy atom. The van der Waals surface area contributed by atoms with Gasteiger partial charge >= 0.3 is 11.4 Å². The second-order valence-corrected chi connectivity index (χ2v) is 24.7. The number of nitrogens with one attached hydrogen (secondary N) is 2. The lowest BCUT2D eigenvalue weighted by molar-refractivity contribution is -0.0993. The molecule has 3 aromatic heterocycles. The summed E-state index contributed by atoms with van der Waals surface area (Å²) in [6, 6.07) is 53.5. The Morgan fingerprint density at radius 1 is 0.511 bits per heavy atom. The van der Waals surface area contributed by atoms with E-state index in [0.29, 0.717) is 33.9 Å². The summed E-state index contributed by atoms with van der Waals surface area (Å²) >= 11 is 6.73. The van der Waals surface area contributed by atoms with E-state index in [0.717, 1.165) is 33.4 Å². The summed E-state index contributed by atoms with van der Waals surface area (Å²) in [4.78, 5) is 62.4. The highest BCUT2D eigenvalue weighted by Crippen LogP contribution is 2.54. The van der Waals surface area contributed by atoms with E-state index in [1.165, 1.54) is 21.5 Å². The Labute approximate surface area is 512 Å². The molecule has 5 heterocycles. The van der Waals surface area contributed by atoms with Crippen molar-refractivity contribution in [1.82, 2.24) is 24.1 Å². The van der Waals surface area contributed by atoms with Gasteiger partial charge < -0.3 is 46.9 Å². The van der Waals surface area contributed by atoms with Crippen LogP contribution >= 0.6 is 6.49 Å². The number of pyridine rings is 1. The van der Waals surface area contributed by atoms with E-state index in [2.05, 4.69) is 15.0 Å². The van der Waals surface area contributed by atoms with Crippen LogP contribution in [0.3, 0.4) is 0 Å². The molecule has 2 N–H and O–H groups in total. The van der Waals surface area contributed by atoms with Crippen molar-refractivity contribution in [1.29, 1.82) is 0 Å². The van der Waals surface area contributed by atoms with Gasteiger partial charge in [-0.1, -0.05) is 109 Å². The summed E-state index contributed by atoms with van der Waals surface area (Å²) in [6.45, 7) is -0.982. The number of methoxy groups -OCH3 is 4. The Balaban J connectivity index is 1.01. The summed E-state index contributed by atoms with van der Waals surface area (Å²) < 4.78 is 68.7. The van der Waals surface area contributed by atoms with Crippen LogP contribution in [0.5, 0.6) is 23.0 Å². The predicted octanol–water partition coefficient (Wildman–Crippen LogP) is 9.13. The van der Waals surface area contributed by atoms with Crippen LogP contribution in [-0.4, -0.2) is 90.2 Å². The minimum absolute atomic E-state index is 0.0429. The highest BCUT2D eigenvalue weighted by molar-refractivity contribution is 8.13. The molecule has 2 aliphatic rings. The third kappa shape index (κ3) is 12.3. The minimum Gasteiger partial charge on any atom is -0.497 e. The van der Waals surface area contributed by atoms with Crippen LogP contribution in [0.4, 0.5) is 0 Å². The summed E-state index contributed by atoms with van der Waals surface area (Å²) in [5, 5.41) is 0.488. The zero-order valence-corrected chi connectivity index (χ0v) is 50.9. The fourth-order valence-corrected chi connectivity index (χ4v) is 14.1. The molecule has 2 fully saturated rings. The lowest BCUT2D eigenvalue weighted by atomic mass is 9.79. The summed E-state index contributed by atoms with van der Waals surface area (Å²) in [7, 11) is 6.41. The predicted molar refractivity (Wildman–Crippen MR) is 334 cm³/mol. The van der Waals surface area contributed by atoms with Gasteiger partial charge in [0.1, 0.15) is 58.9 Å². The highest BCUT2D eigenvalue weighted by atomic mass is 32.5. The van der Waals surface area contributed by atoms with E-state index in [1.54, 1.807) is 66.8 Å². The maximum Gasteiger partial charge on any atom is 0.330 e. The van der Waals surface area contributed by atoms with Crippen molar-refractivity contribution < 1.29 is 46.9 Å². The number of aromatic nitrogens is 5. The first kappa shape index (κ1) is 61.1. The lowest BCUT2D eigenvalue weighted by Gasteiger charge is -2.39. The molecule has 2 saturated heterocycles. The Hall–Kier alpha value is -8.56. The van der Waals surface area contributed by atoms with Gasteiger partial charge in [0.2, 0.25) is 6.49 Å². The van der Waals surface area contributed by atoms with Crippen LogP contribution in [0.2, 0.25) is 0 Å². The molecule has 0 amide bonds. The number of aromatic amines is 2. The number of rotatable bonds is 23. The van der Waals surface area contributed by atoms with Crippen LogP contribution in [-0.2, 0) is 51.0 Å². The smallest absolute Gasteiger partial charge is 0.330 e. The zero-order chi connectivity index (χ0) is 61.6. The van der Waals surface area contributed by atoms with E-state index in [-0.39, 0.29) is 31.6 Å². The Kier molecular flexibility index (Phi) is 18.3. The van der Waals surface area contributed by atoms with Gasteiger partial charge in [0, 0.05) is 54.1 Å². The van der Waals surface area contributed by atoms with Gasteiger partial charge in [-0.25, -0.2) is 9.59 Å². The molecule has 0 spiro atoms. The fourth-order valence-electron chi connectivity index (χ4n) is 11.5. The monoisotopic (exact) mass is 1230 g/mol. The number of nitrogens with zero attached hydrogens (tertiary/aromatic N) is 3. The van der Waals surface area contributed by atoms with Gasteiger partial charge in [-0.05, 0) is 120 Å². The molecule has 0 bridgehead atoms. The largest absolute Gasteiger partial charge is 0.497 e. The maximum atomic E-state index is 13.8. The molecule has 6 aromatic carbocycles. The van der Waals surface area contributed by atoms with E-state index < -0.39 is 77.1 Å². The molecular formula is C67H66N5O14PS. The van der Waals surface area contributed by atoms with Crippen molar-refractivity contribution >= 4 is 23.6 Å².